The number of carbonyl (C=O) groups excluding carboxylic acids is 1. The van der Waals surface area contributed by atoms with Gasteiger partial charge in [0.25, 0.3) is 0 Å². The van der Waals surface area contributed by atoms with Gasteiger partial charge >= 0.3 is 39.9 Å². The Morgan fingerprint density at radius 2 is 1.81 bits per heavy atom. The van der Waals surface area contributed by atoms with Crippen molar-refractivity contribution in [2.75, 3.05) is 14.2 Å². The molecule has 0 aromatic rings. The fourth-order valence-electron chi connectivity index (χ4n) is 4.03. The van der Waals surface area contributed by atoms with Crippen molar-refractivity contribution in [2.45, 2.75) is 38.4 Å². The molecule has 4 atom stereocenters. The van der Waals surface area contributed by atoms with Crippen LogP contribution in [0.25, 0.3) is 0 Å². The summed E-state index contributed by atoms with van der Waals surface area (Å²) in [4.78, 5) is 12.4. The van der Waals surface area contributed by atoms with Gasteiger partial charge in [0.15, 0.2) is 0 Å². The maximum atomic E-state index is 12.4. The molecule has 0 aromatic heterocycles. The van der Waals surface area contributed by atoms with E-state index >= 15 is 0 Å². The quantitative estimate of drug-likeness (QED) is 0.304. The van der Waals surface area contributed by atoms with Crippen molar-refractivity contribution in [2.24, 2.45) is 10.8 Å². The molecule has 26 heavy (non-hydrogen) atoms. The number of rotatable bonds is 2. The van der Waals surface area contributed by atoms with Crippen LogP contribution in [0.1, 0.15) is 26.2 Å². The summed E-state index contributed by atoms with van der Waals surface area (Å²) >= 11 is 0. The molecule has 2 fully saturated rings. The van der Waals surface area contributed by atoms with Crippen molar-refractivity contribution >= 4 is 5.97 Å². The molecule has 1 saturated heterocycles. The van der Waals surface area contributed by atoms with E-state index in [1.807, 2.05) is 12.2 Å². The van der Waals surface area contributed by atoms with Gasteiger partial charge in [0.1, 0.15) is 11.2 Å². The Labute approximate surface area is 163 Å². The topological polar surface area (TPSA) is 104 Å². The smallest absolute Gasteiger partial charge is 0 e. The number of fused-ring (bicyclic) bond motifs is 3. The summed E-state index contributed by atoms with van der Waals surface area (Å²) < 4.78 is 39.0. The normalized spacial score (nSPS) is 32.0. The van der Waals surface area contributed by atoms with Gasteiger partial charge in [-0.15, -0.1) is 0 Å². The van der Waals surface area contributed by atoms with E-state index in [4.69, 9.17) is 28.2 Å². The number of methoxy groups -OCH3 is 2. The maximum absolute atomic E-state index is 12.4. The largest absolute Gasteiger partial charge is 0 e. The third-order valence-corrected chi connectivity index (χ3v) is 5.15. The third-order valence-electron chi connectivity index (χ3n) is 5.15. The Balaban J connectivity index is 0. The number of hydrogen-bond acceptors (Lipinski definition) is 4. The summed E-state index contributed by atoms with van der Waals surface area (Å²) in [6, 6.07) is 0. The number of hydrogen-bond donors (Lipinski definition) is 0. The van der Waals surface area contributed by atoms with E-state index in [0.29, 0.717) is 0 Å². The van der Waals surface area contributed by atoms with Gasteiger partial charge < -0.3 is 14.2 Å². The number of carbonyl (C=O) groups is 1. The Bertz CT molecular complexity index is 578. The van der Waals surface area contributed by atoms with Gasteiger partial charge in [-0.25, -0.2) is 0 Å². The van der Waals surface area contributed by atoms with Crippen LogP contribution < -0.4 is 0 Å². The van der Waals surface area contributed by atoms with Gasteiger partial charge in [-0.3, -0.25) is 4.79 Å². The van der Waals surface area contributed by atoms with Crippen LogP contribution >= 0.6 is 0 Å². The van der Waals surface area contributed by atoms with Gasteiger partial charge in [0, 0.05) is 22.5 Å². The van der Waals surface area contributed by atoms with Gasteiger partial charge in [0.2, 0.25) is 0 Å². The summed E-state index contributed by atoms with van der Waals surface area (Å²) in [6.45, 7) is 15.6. The molecule has 1 heterocycles. The summed E-state index contributed by atoms with van der Waals surface area (Å²) in [6.07, 6.45) is 8.58. The minimum Gasteiger partial charge on any atom is 0 e. The van der Waals surface area contributed by atoms with Gasteiger partial charge in [-0.2, -0.15) is 0 Å². The third kappa shape index (κ3) is 4.06. The standard InChI is InChI=1S/C15H20O4.3CO.Fe/c1-14-8-6-10(17-2)9-12(14)19-11-5-4-7-15(11,14)13(16)18-3;3*1-2;/h6,8-9,11-12H,4-5,7H2,1-3H3;;;;/t11-,12-,14+,15+;;;;/m0..../s1. The molecule has 0 N–H and O–H groups in total. The van der Waals surface area contributed by atoms with Crippen LogP contribution in [-0.4, -0.2) is 32.4 Å². The number of esters is 1. The monoisotopic (exact) mass is 404 g/mol. The molecule has 3 rings (SSSR count). The Morgan fingerprint density at radius 3 is 2.31 bits per heavy atom. The summed E-state index contributed by atoms with van der Waals surface area (Å²) in [7, 11) is 3.11. The molecule has 0 aromatic carbocycles. The molecule has 142 valence electrons. The first-order valence-electron chi connectivity index (χ1n) is 7.38. The van der Waals surface area contributed by atoms with Crippen molar-refractivity contribution in [3.8, 4) is 0 Å². The first kappa shape index (κ1) is 26.7. The summed E-state index contributed by atoms with van der Waals surface area (Å²) in [5.74, 6) is 0.654. The van der Waals surface area contributed by atoms with Gasteiger partial charge in [0.05, 0.1) is 26.4 Å². The molecule has 1 aliphatic heterocycles. The van der Waals surface area contributed by atoms with Crippen molar-refractivity contribution in [1.29, 1.82) is 0 Å². The van der Waals surface area contributed by atoms with Crippen molar-refractivity contribution in [3.63, 3.8) is 0 Å². The second kappa shape index (κ2) is 11.9. The van der Waals surface area contributed by atoms with Crippen LogP contribution in [-0.2, 0) is 50.0 Å². The van der Waals surface area contributed by atoms with Gasteiger partial charge in [-0.05, 0) is 31.4 Å². The molecular formula is C18H20FeO7. The molecule has 0 spiro atoms. The van der Waals surface area contributed by atoms with Crippen LogP contribution in [0.3, 0.4) is 0 Å². The first-order valence-corrected chi connectivity index (χ1v) is 7.38. The molecule has 0 unspecified atom stereocenters. The van der Waals surface area contributed by atoms with Gasteiger partial charge in [-0.1, -0.05) is 13.0 Å². The van der Waals surface area contributed by atoms with E-state index in [9.17, 15) is 4.79 Å². The molecule has 8 heteroatoms. The van der Waals surface area contributed by atoms with E-state index in [0.717, 1.165) is 25.0 Å². The zero-order valence-electron chi connectivity index (χ0n) is 14.7. The molecular weight excluding hydrogens is 384 g/mol. The summed E-state index contributed by atoms with van der Waals surface area (Å²) in [5.41, 5.74) is -0.887. The number of allylic oxidation sites excluding steroid dienone is 1. The first-order chi connectivity index (χ1) is 12.1. The van der Waals surface area contributed by atoms with E-state index in [-0.39, 0.29) is 40.7 Å². The zero-order chi connectivity index (χ0) is 19.7. The van der Waals surface area contributed by atoms with E-state index in [1.54, 1.807) is 7.11 Å². The van der Waals surface area contributed by atoms with Crippen LogP contribution in [0.4, 0.5) is 0 Å². The maximum Gasteiger partial charge on any atom is 0 e. The van der Waals surface area contributed by atoms with E-state index in [2.05, 4.69) is 33.0 Å². The molecule has 7 nitrogen and oxygen atoms in total. The molecule has 1 saturated carbocycles. The summed E-state index contributed by atoms with van der Waals surface area (Å²) in [5, 5.41) is 0. The average Bonchev–Trinajstić information content (AvgIpc) is 3.22. The Kier molecular flexibility index (Phi) is 12.3. The minimum absolute atomic E-state index is 0. The predicted octanol–water partition coefficient (Wildman–Crippen LogP) is 2.09. The Morgan fingerprint density at radius 1 is 1.23 bits per heavy atom. The molecule has 2 aliphatic carbocycles. The minimum atomic E-state index is -0.543. The van der Waals surface area contributed by atoms with Crippen LogP contribution in [0.2, 0.25) is 0 Å². The Hall–Kier alpha value is -1.55. The SMILES string of the molecule is COC(=O)[C@@]12CCC[C@@H]1O[C@H]1C=C(OC)C=C[C@]12C.[C-]#[O+].[C-]#[O+].[C-]#[O+].[Fe]. The fraction of sp³-hybridized carbons (Fsp3) is 0.556. The molecule has 0 radical (unpaired) electrons. The average molecular weight is 404 g/mol. The van der Waals surface area contributed by atoms with Crippen molar-refractivity contribution in [1.82, 2.24) is 0 Å². The fourth-order valence-corrected chi connectivity index (χ4v) is 4.03. The van der Waals surface area contributed by atoms with Crippen LogP contribution in [0.15, 0.2) is 24.0 Å². The van der Waals surface area contributed by atoms with E-state index < -0.39 is 5.41 Å². The van der Waals surface area contributed by atoms with Crippen LogP contribution in [0, 0.1) is 30.8 Å². The second-order valence-corrected chi connectivity index (χ2v) is 5.79. The molecule has 3 aliphatic rings. The molecule has 0 bridgehead atoms. The van der Waals surface area contributed by atoms with Crippen molar-refractivity contribution < 1.29 is 50.0 Å². The molecule has 0 amide bonds. The van der Waals surface area contributed by atoms with Crippen molar-refractivity contribution in [3.05, 3.63) is 43.9 Å². The number of ether oxygens (including phenoxy) is 3. The predicted molar refractivity (Wildman–Crippen MR) is 81.1 cm³/mol. The second-order valence-electron chi connectivity index (χ2n) is 5.79. The zero-order valence-corrected chi connectivity index (χ0v) is 15.8. The van der Waals surface area contributed by atoms with E-state index in [1.165, 1.54) is 7.11 Å². The van der Waals surface area contributed by atoms with Crippen LogP contribution in [0.5, 0.6) is 0 Å².